The molecule has 4 aromatic rings. The van der Waals surface area contributed by atoms with Crippen LogP contribution in [0.1, 0.15) is 28.4 Å². The highest BCUT2D eigenvalue weighted by Crippen LogP contribution is 2.29. The van der Waals surface area contributed by atoms with Gasteiger partial charge >= 0.3 is 5.97 Å². The number of carbonyl (C=O) groups is 1. The molecule has 0 saturated carbocycles. The zero-order valence-electron chi connectivity index (χ0n) is 17.6. The quantitative estimate of drug-likeness (QED) is 0.269. The standard InChI is InChI=1S/C25H24N2O3S/c1-3-30-24(28)20-12-13-23-22(15-20)26-25(27(23)16-18-8-5-4-6-9-18)31-17-19-10-7-11-21(14-19)29-2/h4-15H,3,16-17H2,1-2H3. The van der Waals surface area contributed by atoms with Crippen LogP contribution in [-0.2, 0) is 17.0 Å². The van der Waals surface area contributed by atoms with Gasteiger partial charge in [0.05, 0.1) is 36.9 Å². The number of aromatic nitrogens is 2. The van der Waals surface area contributed by atoms with Crippen LogP contribution < -0.4 is 4.74 Å². The van der Waals surface area contributed by atoms with E-state index in [1.54, 1.807) is 31.9 Å². The zero-order valence-corrected chi connectivity index (χ0v) is 18.4. The van der Waals surface area contributed by atoms with Gasteiger partial charge in [0.25, 0.3) is 0 Å². The van der Waals surface area contributed by atoms with Gasteiger partial charge in [-0.15, -0.1) is 0 Å². The molecule has 0 atom stereocenters. The van der Waals surface area contributed by atoms with Crippen LogP contribution in [0.4, 0.5) is 0 Å². The Morgan fingerprint density at radius 2 is 1.81 bits per heavy atom. The number of ether oxygens (including phenoxy) is 2. The van der Waals surface area contributed by atoms with Crippen molar-refractivity contribution in [3.63, 3.8) is 0 Å². The highest BCUT2D eigenvalue weighted by Gasteiger charge is 2.15. The molecule has 0 aliphatic carbocycles. The minimum atomic E-state index is -0.326. The summed E-state index contributed by atoms with van der Waals surface area (Å²) < 4.78 is 12.7. The Kier molecular flexibility index (Phi) is 6.57. The Bertz CT molecular complexity index is 1190. The SMILES string of the molecule is CCOC(=O)c1ccc2c(c1)nc(SCc1cccc(OC)c1)n2Cc1ccccc1. The maximum Gasteiger partial charge on any atom is 0.338 e. The van der Waals surface area contributed by atoms with E-state index in [0.29, 0.717) is 18.7 Å². The third kappa shape index (κ3) is 4.91. The van der Waals surface area contributed by atoms with Crippen LogP contribution in [0.25, 0.3) is 11.0 Å². The minimum Gasteiger partial charge on any atom is -0.497 e. The molecule has 4 rings (SSSR count). The van der Waals surface area contributed by atoms with Crippen LogP contribution in [0, 0.1) is 0 Å². The number of methoxy groups -OCH3 is 1. The lowest BCUT2D eigenvalue weighted by Crippen LogP contribution is -2.04. The molecule has 0 saturated heterocycles. The lowest BCUT2D eigenvalue weighted by atomic mass is 10.2. The molecule has 0 unspecified atom stereocenters. The van der Waals surface area contributed by atoms with E-state index in [2.05, 4.69) is 22.8 Å². The van der Waals surface area contributed by atoms with E-state index in [4.69, 9.17) is 14.5 Å². The molecule has 0 radical (unpaired) electrons. The van der Waals surface area contributed by atoms with Crippen LogP contribution in [0.2, 0.25) is 0 Å². The molecule has 1 aromatic heterocycles. The molecule has 3 aromatic carbocycles. The predicted octanol–water partition coefficient (Wildman–Crippen LogP) is 5.56. The Balaban J connectivity index is 1.68. The maximum atomic E-state index is 12.2. The lowest BCUT2D eigenvalue weighted by Gasteiger charge is -2.10. The topological polar surface area (TPSA) is 53.4 Å². The molecule has 0 spiro atoms. The van der Waals surface area contributed by atoms with Crippen molar-refractivity contribution < 1.29 is 14.3 Å². The fraction of sp³-hybridized carbons (Fsp3) is 0.200. The molecule has 0 amide bonds. The zero-order chi connectivity index (χ0) is 21.6. The van der Waals surface area contributed by atoms with Crippen LogP contribution >= 0.6 is 11.8 Å². The second-order valence-electron chi connectivity index (χ2n) is 7.03. The number of benzene rings is 3. The molecule has 31 heavy (non-hydrogen) atoms. The first-order valence-corrected chi connectivity index (χ1v) is 11.1. The summed E-state index contributed by atoms with van der Waals surface area (Å²) in [6, 6.07) is 23.9. The van der Waals surface area contributed by atoms with Gasteiger partial charge in [0.2, 0.25) is 0 Å². The van der Waals surface area contributed by atoms with E-state index in [9.17, 15) is 4.79 Å². The van der Waals surface area contributed by atoms with Gasteiger partial charge in [0, 0.05) is 5.75 Å². The number of imidazole rings is 1. The van der Waals surface area contributed by atoms with E-state index in [-0.39, 0.29) is 5.97 Å². The van der Waals surface area contributed by atoms with Crippen LogP contribution in [0.5, 0.6) is 5.75 Å². The van der Waals surface area contributed by atoms with E-state index < -0.39 is 0 Å². The molecule has 6 heteroatoms. The Morgan fingerprint density at radius 1 is 1.00 bits per heavy atom. The number of thioether (sulfide) groups is 1. The van der Waals surface area contributed by atoms with E-state index in [1.807, 2.05) is 48.5 Å². The summed E-state index contributed by atoms with van der Waals surface area (Å²) in [7, 11) is 1.67. The van der Waals surface area contributed by atoms with Crippen molar-refractivity contribution in [2.24, 2.45) is 0 Å². The first-order chi connectivity index (χ1) is 15.2. The third-order valence-electron chi connectivity index (χ3n) is 4.91. The second kappa shape index (κ2) is 9.71. The van der Waals surface area contributed by atoms with Gasteiger partial charge in [-0.3, -0.25) is 0 Å². The molecule has 1 heterocycles. The van der Waals surface area contributed by atoms with Gasteiger partial charge < -0.3 is 14.0 Å². The van der Waals surface area contributed by atoms with Crippen molar-refractivity contribution >= 4 is 28.8 Å². The number of rotatable bonds is 8. The lowest BCUT2D eigenvalue weighted by molar-refractivity contribution is 0.0526. The normalized spacial score (nSPS) is 10.9. The summed E-state index contributed by atoms with van der Waals surface area (Å²) in [5.41, 5.74) is 4.65. The van der Waals surface area contributed by atoms with Gasteiger partial charge in [0.1, 0.15) is 5.75 Å². The number of hydrogen-bond acceptors (Lipinski definition) is 5. The van der Waals surface area contributed by atoms with Crippen molar-refractivity contribution in [3.05, 3.63) is 89.5 Å². The average molecular weight is 433 g/mol. The third-order valence-corrected chi connectivity index (χ3v) is 5.96. The number of fused-ring (bicyclic) bond motifs is 1. The summed E-state index contributed by atoms with van der Waals surface area (Å²) >= 11 is 1.67. The molecular formula is C25H24N2O3S. The van der Waals surface area contributed by atoms with Crippen molar-refractivity contribution in [2.75, 3.05) is 13.7 Å². The van der Waals surface area contributed by atoms with Crippen LogP contribution in [0.3, 0.4) is 0 Å². The van der Waals surface area contributed by atoms with Crippen molar-refractivity contribution in [1.82, 2.24) is 9.55 Å². The summed E-state index contributed by atoms with van der Waals surface area (Å²) in [5, 5.41) is 0.905. The van der Waals surface area contributed by atoms with E-state index >= 15 is 0 Å². The Hall–Kier alpha value is -3.25. The van der Waals surface area contributed by atoms with Gasteiger partial charge in [-0.1, -0.05) is 54.2 Å². The summed E-state index contributed by atoms with van der Waals surface area (Å²) in [4.78, 5) is 17.0. The first-order valence-electron chi connectivity index (χ1n) is 10.1. The van der Waals surface area contributed by atoms with Gasteiger partial charge in [-0.05, 0) is 48.4 Å². The van der Waals surface area contributed by atoms with Crippen LogP contribution in [0.15, 0.2) is 78.0 Å². The summed E-state index contributed by atoms with van der Waals surface area (Å²) in [5.74, 6) is 1.28. The molecule has 0 fully saturated rings. The smallest absolute Gasteiger partial charge is 0.338 e. The molecular weight excluding hydrogens is 408 g/mol. The minimum absolute atomic E-state index is 0.326. The number of hydrogen-bond donors (Lipinski definition) is 0. The molecule has 158 valence electrons. The first kappa shape index (κ1) is 21.0. The van der Waals surface area contributed by atoms with E-state index in [1.165, 1.54) is 5.56 Å². The predicted molar refractivity (Wildman–Crippen MR) is 124 cm³/mol. The largest absolute Gasteiger partial charge is 0.497 e. The molecule has 0 bridgehead atoms. The highest BCUT2D eigenvalue weighted by atomic mass is 32.2. The van der Waals surface area contributed by atoms with E-state index in [0.717, 1.165) is 33.3 Å². The van der Waals surface area contributed by atoms with Gasteiger partial charge in [-0.25, -0.2) is 9.78 Å². The van der Waals surface area contributed by atoms with Gasteiger partial charge in [-0.2, -0.15) is 0 Å². The number of nitrogens with zero attached hydrogens (tertiary/aromatic N) is 2. The molecule has 0 N–H and O–H groups in total. The summed E-state index contributed by atoms with van der Waals surface area (Å²) in [6.07, 6.45) is 0. The average Bonchev–Trinajstić information content (AvgIpc) is 3.15. The maximum absolute atomic E-state index is 12.2. The number of carbonyl (C=O) groups excluding carboxylic acids is 1. The highest BCUT2D eigenvalue weighted by molar-refractivity contribution is 7.98. The molecule has 0 aliphatic rings. The van der Waals surface area contributed by atoms with Crippen molar-refractivity contribution in [3.8, 4) is 5.75 Å². The number of esters is 1. The Labute approximate surface area is 186 Å². The Morgan fingerprint density at radius 3 is 2.58 bits per heavy atom. The van der Waals surface area contributed by atoms with Gasteiger partial charge in [0.15, 0.2) is 5.16 Å². The molecule has 5 nitrogen and oxygen atoms in total. The fourth-order valence-electron chi connectivity index (χ4n) is 3.39. The van der Waals surface area contributed by atoms with Crippen molar-refractivity contribution in [2.45, 2.75) is 24.4 Å². The second-order valence-corrected chi connectivity index (χ2v) is 7.97. The molecule has 0 aliphatic heterocycles. The summed E-state index contributed by atoms with van der Waals surface area (Å²) in [6.45, 7) is 2.86. The van der Waals surface area contributed by atoms with Crippen LogP contribution in [-0.4, -0.2) is 29.2 Å². The fourth-order valence-corrected chi connectivity index (χ4v) is 4.35. The van der Waals surface area contributed by atoms with Crippen molar-refractivity contribution in [1.29, 1.82) is 0 Å². The monoisotopic (exact) mass is 432 g/mol.